The zero-order valence-electron chi connectivity index (χ0n) is 9.41. The van der Waals surface area contributed by atoms with Gasteiger partial charge in [0.05, 0.1) is 0 Å². The smallest absolute Gasteiger partial charge is 0.224 e. The van der Waals surface area contributed by atoms with Crippen LogP contribution in [0.4, 0.5) is 5.69 Å². The molecule has 0 unspecified atom stereocenters. The third-order valence-electron chi connectivity index (χ3n) is 2.23. The minimum Gasteiger partial charge on any atom is -0.326 e. The van der Waals surface area contributed by atoms with E-state index in [9.17, 15) is 4.79 Å². The van der Waals surface area contributed by atoms with Crippen LogP contribution in [0.3, 0.4) is 0 Å². The van der Waals surface area contributed by atoms with Crippen LogP contribution in [0.1, 0.15) is 18.4 Å². The van der Waals surface area contributed by atoms with E-state index in [0.717, 1.165) is 17.7 Å². The molecule has 1 aromatic rings. The highest BCUT2D eigenvalue weighted by atomic mass is 16.1. The molecule has 2 heteroatoms. The fourth-order valence-corrected chi connectivity index (χ4v) is 1.42. The third kappa shape index (κ3) is 3.73. The Hall–Kier alpha value is -1.83. The summed E-state index contributed by atoms with van der Waals surface area (Å²) in [5.41, 5.74) is 1.96. The number of allylic oxidation sites excluding steroid dienone is 2. The standard InChI is InChI=1S/C14H17NO/c1-3-5-11-14(16)15-13-10-7-6-9-12(13)8-4-2/h3-4,6-7,9-10H,1-2,5,8,11H2,(H,15,16). The Morgan fingerprint density at radius 1 is 1.25 bits per heavy atom. The number of carbonyl (C=O) groups excluding carboxylic acids is 1. The van der Waals surface area contributed by atoms with E-state index in [1.54, 1.807) is 6.08 Å². The van der Waals surface area contributed by atoms with Gasteiger partial charge in [-0.2, -0.15) is 0 Å². The largest absolute Gasteiger partial charge is 0.326 e. The predicted molar refractivity (Wildman–Crippen MR) is 68.4 cm³/mol. The second-order valence-electron chi connectivity index (χ2n) is 3.53. The van der Waals surface area contributed by atoms with Gasteiger partial charge in [-0.15, -0.1) is 13.2 Å². The van der Waals surface area contributed by atoms with Crippen molar-refractivity contribution < 1.29 is 4.79 Å². The van der Waals surface area contributed by atoms with Crippen molar-refractivity contribution in [1.29, 1.82) is 0 Å². The van der Waals surface area contributed by atoms with E-state index in [4.69, 9.17) is 0 Å². The minimum absolute atomic E-state index is 0.0245. The van der Waals surface area contributed by atoms with Crippen molar-refractivity contribution in [3.63, 3.8) is 0 Å². The molecule has 16 heavy (non-hydrogen) atoms. The van der Waals surface area contributed by atoms with Crippen molar-refractivity contribution in [2.75, 3.05) is 5.32 Å². The number of para-hydroxylation sites is 1. The summed E-state index contributed by atoms with van der Waals surface area (Å²) in [6.07, 6.45) is 5.52. The number of carbonyl (C=O) groups is 1. The lowest BCUT2D eigenvalue weighted by Crippen LogP contribution is -2.12. The lowest BCUT2D eigenvalue weighted by Gasteiger charge is -2.09. The quantitative estimate of drug-likeness (QED) is 0.725. The number of anilines is 1. The number of benzene rings is 1. The summed E-state index contributed by atoms with van der Waals surface area (Å²) in [4.78, 5) is 11.5. The third-order valence-corrected chi connectivity index (χ3v) is 2.23. The van der Waals surface area contributed by atoms with E-state index < -0.39 is 0 Å². The highest BCUT2D eigenvalue weighted by Crippen LogP contribution is 2.16. The summed E-state index contributed by atoms with van der Waals surface area (Å²) in [6.45, 7) is 7.29. The molecule has 0 saturated carbocycles. The van der Waals surface area contributed by atoms with Gasteiger partial charge in [0.15, 0.2) is 0 Å². The Kier molecular flexibility index (Phi) is 5.06. The maximum absolute atomic E-state index is 11.5. The summed E-state index contributed by atoms with van der Waals surface area (Å²) < 4.78 is 0. The molecule has 2 nitrogen and oxygen atoms in total. The lowest BCUT2D eigenvalue weighted by atomic mass is 10.1. The number of hydrogen-bond acceptors (Lipinski definition) is 1. The molecule has 0 fully saturated rings. The molecule has 0 aromatic heterocycles. The second kappa shape index (κ2) is 6.62. The van der Waals surface area contributed by atoms with E-state index in [1.165, 1.54) is 0 Å². The van der Waals surface area contributed by atoms with Crippen molar-refractivity contribution in [2.45, 2.75) is 19.3 Å². The average molecular weight is 215 g/mol. The van der Waals surface area contributed by atoms with Crippen LogP contribution in [0.2, 0.25) is 0 Å². The normalized spacial score (nSPS) is 9.50. The second-order valence-corrected chi connectivity index (χ2v) is 3.53. The molecule has 84 valence electrons. The van der Waals surface area contributed by atoms with Crippen molar-refractivity contribution >= 4 is 11.6 Å². The van der Waals surface area contributed by atoms with Gasteiger partial charge in [-0.05, 0) is 24.5 Å². The molecule has 0 radical (unpaired) electrons. The summed E-state index contributed by atoms with van der Waals surface area (Å²) in [7, 11) is 0. The molecule has 0 bridgehead atoms. The Morgan fingerprint density at radius 3 is 2.69 bits per heavy atom. The maximum Gasteiger partial charge on any atom is 0.224 e. The van der Waals surface area contributed by atoms with E-state index in [0.29, 0.717) is 12.8 Å². The maximum atomic E-state index is 11.5. The Balaban J connectivity index is 2.68. The SMILES string of the molecule is C=CCCC(=O)Nc1ccccc1CC=C. The van der Waals surface area contributed by atoms with Gasteiger partial charge < -0.3 is 5.32 Å². The van der Waals surface area contributed by atoms with Gasteiger partial charge in [-0.3, -0.25) is 4.79 Å². The van der Waals surface area contributed by atoms with Gasteiger partial charge in [0, 0.05) is 12.1 Å². The summed E-state index contributed by atoms with van der Waals surface area (Å²) >= 11 is 0. The Morgan fingerprint density at radius 2 is 2.00 bits per heavy atom. The first-order valence-electron chi connectivity index (χ1n) is 5.37. The highest BCUT2D eigenvalue weighted by molar-refractivity contribution is 5.91. The van der Waals surface area contributed by atoms with Gasteiger partial charge in [-0.25, -0.2) is 0 Å². The number of hydrogen-bond donors (Lipinski definition) is 1. The fourth-order valence-electron chi connectivity index (χ4n) is 1.42. The molecule has 0 atom stereocenters. The van der Waals surface area contributed by atoms with Gasteiger partial charge in [0.1, 0.15) is 0 Å². The summed E-state index contributed by atoms with van der Waals surface area (Å²) in [5, 5.41) is 2.90. The molecule has 1 amide bonds. The van der Waals surface area contributed by atoms with E-state index >= 15 is 0 Å². The van der Waals surface area contributed by atoms with E-state index in [-0.39, 0.29) is 5.91 Å². The Bertz CT molecular complexity index is 382. The first-order valence-corrected chi connectivity index (χ1v) is 5.37. The van der Waals surface area contributed by atoms with Crippen LogP contribution in [0, 0.1) is 0 Å². The molecule has 0 spiro atoms. The Labute approximate surface area is 96.7 Å². The van der Waals surface area contributed by atoms with Crippen LogP contribution in [-0.4, -0.2) is 5.91 Å². The topological polar surface area (TPSA) is 29.1 Å². The van der Waals surface area contributed by atoms with Gasteiger partial charge in [0.2, 0.25) is 5.91 Å². The summed E-state index contributed by atoms with van der Waals surface area (Å²) in [6, 6.07) is 7.77. The van der Waals surface area contributed by atoms with Crippen LogP contribution in [0.15, 0.2) is 49.6 Å². The molecular formula is C14H17NO. The van der Waals surface area contributed by atoms with Crippen LogP contribution >= 0.6 is 0 Å². The van der Waals surface area contributed by atoms with Crippen molar-refractivity contribution in [2.24, 2.45) is 0 Å². The van der Waals surface area contributed by atoms with Crippen molar-refractivity contribution in [3.05, 3.63) is 55.1 Å². The van der Waals surface area contributed by atoms with Gasteiger partial charge in [-0.1, -0.05) is 30.4 Å². The predicted octanol–water partition coefficient (Wildman–Crippen LogP) is 3.32. The van der Waals surface area contributed by atoms with Crippen LogP contribution < -0.4 is 5.32 Å². The average Bonchev–Trinajstić information content (AvgIpc) is 2.29. The van der Waals surface area contributed by atoms with Gasteiger partial charge >= 0.3 is 0 Å². The van der Waals surface area contributed by atoms with Crippen molar-refractivity contribution in [1.82, 2.24) is 0 Å². The lowest BCUT2D eigenvalue weighted by molar-refractivity contribution is -0.116. The molecule has 1 aromatic carbocycles. The number of rotatable bonds is 6. The highest BCUT2D eigenvalue weighted by Gasteiger charge is 2.04. The number of nitrogens with one attached hydrogen (secondary N) is 1. The molecule has 0 heterocycles. The molecule has 0 aliphatic rings. The minimum atomic E-state index is 0.0245. The molecule has 1 N–H and O–H groups in total. The zero-order valence-corrected chi connectivity index (χ0v) is 9.41. The van der Waals surface area contributed by atoms with Crippen LogP contribution in [0.5, 0.6) is 0 Å². The van der Waals surface area contributed by atoms with E-state index in [2.05, 4.69) is 18.5 Å². The molecule has 0 aliphatic carbocycles. The molecule has 1 rings (SSSR count). The number of amides is 1. The summed E-state index contributed by atoms with van der Waals surface area (Å²) in [5.74, 6) is 0.0245. The van der Waals surface area contributed by atoms with Gasteiger partial charge in [0.25, 0.3) is 0 Å². The van der Waals surface area contributed by atoms with Crippen LogP contribution in [0.25, 0.3) is 0 Å². The molecule has 0 aliphatic heterocycles. The monoisotopic (exact) mass is 215 g/mol. The fraction of sp³-hybridized carbons (Fsp3) is 0.214. The zero-order chi connectivity index (χ0) is 11.8. The first kappa shape index (κ1) is 12.2. The van der Waals surface area contributed by atoms with Crippen LogP contribution in [-0.2, 0) is 11.2 Å². The molecule has 0 saturated heterocycles. The molecular weight excluding hydrogens is 198 g/mol. The van der Waals surface area contributed by atoms with E-state index in [1.807, 2.05) is 30.3 Å². The van der Waals surface area contributed by atoms with Crippen molar-refractivity contribution in [3.8, 4) is 0 Å². The first-order chi connectivity index (χ1) is 7.77.